The first-order valence-corrected chi connectivity index (χ1v) is 16.0. The molecule has 1 aromatic rings. The van der Waals surface area contributed by atoms with Crippen LogP contribution in [0.15, 0.2) is 0 Å². The minimum absolute atomic E-state index is 0.335. The summed E-state index contributed by atoms with van der Waals surface area (Å²) in [6.07, 6.45) is 0. The minimum atomic E-state index is -0.620. The molecule has 0 atom stereocenters. The molecule has 0 saturated carbocycles. The molecule has 1 rings (SSSR count). The fraction of sp³-hybridized carbons (Fsp3) is 0.571. The Kier molecular flexibility index (Phi) is 14.0. The van der Waals surface area contributed by atoms with Gasteiger partial charge in [-0.15, -0.1) is 0 Å². The molecule has 0 aromatic heterocycles. The molecule has 0 saturated heterocycles. The Balaban J connectivity index is 0. The van der Waals surface area contributed by atoms with Crippen molar-refractivity contribution in [2.45, 2.75) is 41.5 Å². The van der Waals surface area contributed by atoms with Crippen LogP contribution in [0.2, 0.25) is 0 Å². The molecule has 0 aliphatic carbocycles. The van der Waals surface area contributed by atoms with Gasteiger partial charge in [-0.25, -0.2) is 0 Å². The molecule has 0 aliphatic rings. The van der Waals surface area contributed by atoms with Crippen LogP contribution in [0.3, 0.4) is 0 Å². The topological polar surface area (TPSA) is 20.2 Å². The van der Waals surface area contributed by atoms with Gasteiger partial charge in [-0.2, -0.15) is 0 Å². The Morgan fingerprint density at radius 2 is 0.737 bits per heavy atom. The van der Waals surface area contributed by atoms with Crippen molar-refractivity contribution in [3.8, 4) is 0 Å². The van der Waals surface area contributed by atoms with E-state index in [1.807, 2.05) is 0 Å². The van der Waals surface area contributed by atoms with Crippen LogP contribution in [0, 0.1) is 41.5 Å². The maximum absolute atomic E-state index is 8.12. The van der Waals surface area contributed by atoms with Crippen LogP contribution in [0.1, 0.15) is 33.4 Å². The van der Waals surface area contributed by atoms with Crippen molar-refractivity contribution in [3.05, 3.63) is 33.4 Å². The quantitative estimate of drug-likeness (QED) is 0.349. The van der Waals surface area contributed by atoms with Crippen LogP contribution < -0.4 is 0 Å². The molecular weight excluding hydrogens is 476 g/mol. The predicted octanol–water partition coefficient (Wildman–Crippen LogP) is 5.86. The summed E-state index contributed by atoms with van der Waals surface area (Å²) in [5.74, 6) is 0. The van der Waals surface area contributed by atoms with Crippen molar-refractivity contribution >= 4 is 35.4 Å². The van der Waals surface area contributed by atoms with Crippen LogP contribution in [0.25, 0.3) is 0 Å². The van der Waals surface area contributed by atoms with Gasteiger partial charge < -0.3 is 4.89 Å². The van der Waals surface area contributed by atoms with Crippen molar-refractivity contribution in [1.82, 2.24) is 0 Å². The second kappa shape index (κ2) is 11.8. The average molecular weight is 501 g/mol. The van der Waals surface area contributed by atoms with E-state index in [4.69, 9.17) is 4.89 Å². The SMILES string of the molecule is CP(C)O.Cc1c(C)c(C)c(C)c(C)c1C.[Br][Ru][Br]. The van der Waals surface area contributed by atoms with E-state index in [0.717, 1.165) is 0 Å². The van der Waals surface area contributed by atoms with Crippen LogP contribution in [0.5, 0.6) is 0 Å². The zero-order valence-electron chi connectivity index (χ0n) is 13.0. The summed E-state index contributed by atoms with van der Waals surface area (Å²) < 4.78 is 0. The third-order valence-electron chi connectivity index (χ3n) is 3.38. The van der Waals surface area contributed by atoms with E-state index in [9.17, 15) is 0 Å². The van der Waals surface area contributed by atoms with Gasteiger partial charge in [-0.1, -0.05) is 0 Å². The second-order valence-electron chi connectivity index (χ2n) is 4.65. The molecular formula is C14H25Br2OPRu. The van der Waals surface area contributed by atoms with Gasteiger partial charge in [-0.3, -0.25) is 0 Å². The third kappa shape index (κ3) is 8.94. The van der Waals surface area contributed by atoms with E-state index in [1.54, 1.807) is 13.3 Å². The molecule has 1 nitrogen and oxygen atoms in total. The fourth-order valence-electron chi connectivity index (χ4n) is 1.69. The average Bonchev–Trinajstić information content (AvgIpc) is 2.32. The number of benzene rings is 1. The van der Waals surface area contributed by atoms with Gasteiger partial charge in [0.05, 0.1) is 0 Å². The second-order valence-corrected chi connectivity index (χ2v) is 14.4. The zero-order valence-corrected chi connectivity index (χ0v) is 18.8. The number of hydrogen-bond acceptors (Lipinski definition) is 1. The molecule has 0 bridgehead atoms. The van der Waals surface area contributed by atoms with E-state index >= 15 is 0 Å². The molecule has 0 unspecified atom stereocenters. The monoisotopic (exact) mass is 500 g/mol. The molecule has 0 amide bonds. The van der Waals surface area contributed by atoms with Crippen molar-refractivity contribution in [1.29, 1.82) is 0 Å². The molecule has 0 aliphatic heterocycles. The van der Waals surface area contributed by atoms with Crippen molar-refractivity contribution in [2.24, 2.45) is 0 Å². The van der Waals surface area contributed by atoms with E-state index in [1.165, 1.54) is 33.4 Å². The molecule has 5 heteroatoms. The number of hydrogen-bond donors (Lipinski definition) is 1. The fourth-order valence-corrected chi connectivity index (χ4v) is 1.69. The molecule has 1 aromatic carbocycles. The van der Waals surface area contributed by atoms with Crippen molar-refractivity contribution in [2.75, 3.05) is 13.3 Å². The first kappa shape index (κ1) is 22.5. The summed E-state index contributed by atoms with van der Waals surface area (Å²) in [5, 5.41) is 0. The molecule has 0 fully saturated rings. The molecule has 1 N–H and O–H groups in total. The van der Waals surface area contributed by atoms with E-state index < -0.39 is 8.15 Å². The van der Waals surface area contributed by atoms with Crippen molar-refractivity contribution in [3.63, 3.8) is 0 Å². The summed E-state index contributed by atoms with van der Waals surface area (Å²) in [6, 6.07) is 0. The summed E-state index contributed by atoms with van der Waals surface area (Å²) in [4.78, 5) is 8.12. The summed E-state index contributed by atoms with van der Waals surface area (Å²) in [6.45, 7) is 16.8. The molecule has 0 radical (unpaired) electrons. The maximum atomic E-state index is 8.12. The molecule has 19 heavy (non-hydrogen) atoms. The van der Waals surface area contributed by atoms with Crippen LogP contribution >= 0.6 is 35.4 Å². The summed E-state index contributed by atoms with van der Waals surface area (Å²) >= 11 is 6.64. The van der Waals surface area contributed by atoms with E-state index in [2.05, 4.69) is 68.8 Å². The van der Waals surface area contributed by atoms with Gasteiger partial charge in [0.2, 0.25) is 0 Å². The normalized spacial score (nSPS) is 9.68. The van der Waals surface area contributed by atoms with Crippen molar-refractivity contribution < 1.29 is 18.1 Å². The van der Waals surface area contributed by atoms with Crippen LogP contribution in [-0.2, 0) is 13.2 Å². The van der Waals surface area contributed by atoms with Gasteiger partial charge in [0.25, 0.3) is 0 Å². The predicted molar refractivity (Wildman–Crippen MR) is 93.7 cm³/mol. The van der Waals surface area contributed by atoms with E-state index in [-0.39, 0.29) is 0 Å². The Labute approximate surface area is 141 Å². The van der Waals surface area contributed by atoms with Gasteiger partial charge in [-0.05, 0) is 88.3 Å². The third-order valence-corrected chi connectivity index (χ3v) is 3.38. The first-order chi connectivity index (χ1) is 8.61. The van der Waals surface area contributed by atoms with Gasteiger partial charge >= 0.3 is 40.5 Å². The first-order valence-electron chi connectivity index (χ1n) is 5.86. The van der Waals surface area contributed by atoms with Crippen LogP contribution in [0.4, 0.5) is 0 Å². The number of rotatable bonds is 0. The number of halogens is 2. The molecule has 0 heterocycles. The Hall–Kier alpha value is 1.19. The van der Waals surface area contributed by atoms with E-state index in [0.29, 0.717) is 13.2 Å². The zero-order chi connectivity index (χ0) is 15.7. The van der Waals surface area contributed by atoms with Gasteiger partial charge in [0, 0.05) is 8.15 Å². The standard InChI is InChI=1S/C12H18.C2H7OP.2BrH.Ru/c1-7-8(2)10(4)12(6)11(5)9(7)3;1-4(2)3;;;/h1-6H3;3H,1-2H3;2*1H;/q;;;;+2/p-2. The summed E-state index contributed by atoms with van der Waals surface area (Å²) in [5.41, 5.74) is 8.73. The summed E-state index contributed by atoms with van der Waals surface area (Å²) in [7, 11) is -0.620. The van der Waals surface area contributed by atoms with Gasteiger partial charge in [0.1, 0.15) is 0 Å². The van der Waals surface area contributed by atoms with Gasteiger partial charge in [0.15, 0.2) is 0 Å². The Morgan fingerprint density at radius 1 is 0.684 bits per heavy atom. The van der Waals surface area contributed by atoms with Crippen LogP contribution in [-0.4, -0.2) is 18.2 Å². The Morgan fingerprint density at radius 3 is 0.789 bits per heavy atom. The Bertz CT molecular complexity index is 288. The molecule has 114 valence electrons. The molecule has 0 spiro atoms.